The van der Waals surface area contributed by atoms with Gasteiger partial charge in [0.1, 0.15) is 11.5 Å². The number of amides is 1. The van der Waals surface area contributed by atoms with Crippen molar-refractivity contribution in [3.05, 3.63) is 88.9 Å². The molecule has 1 unspecified atom stereocenters. The fourth-order valence-electron chi connectivity index (χ4n) is 4.31. The largest absolute Gasteiger partial charge is 0.507 e. The summed E-state index contributed by atoms with van der Waals surface area (Å²) in [6, 6.07) is 15.2. The molecule has 4 rings (SSSR count). The predicted molar refractivity (Wildman–Crippen MR) is 140 cm³/mol. The Kier molecular flexibility index (Phi) is 8.01. The normalized spacial score (nSPS) is 17.0. The van der Waals surface area contributed by atoms with Crippen molar-refractivity contribution in [2.75, 3.05) is 13.2 Å². The Hall–Kier alpha value is -4.00. The number of furan rings is 1. The molecule has 1 saturated heterocycles. The summed E-state index contributed by atoms with van der Waals surface area (Å²) in [6.07, 6.45) is 2.41. The number of hydrogen-bond donors (Lipinski definition) is 1. The molecule has 1 fully saturated rings. The molecule has 1 atom stereocenters. The van der Waals surface area contributed by atoms with E-state index in [1.54, 1.807) is 42.5 Å². The Bertz CT molecular complexity index is 1270. The van der Waals surface area contributed by atoms with Crippen LogP contribution in [0.15, 0.2) is 70.9 Å². The number of aliphatic hydroxyl groups is 1. The second-order valence-electron chi connectivity index (χ2n) is 9.54. The molecule has 0 spiro atoms. The smallest absolute Gasteiger partial charge is 0.296 e. The fraction of sp³-hybridized carbons (Fsp3) is 0.333. The highest BCUT2D eigenvalue weighted by molar-refractivity contribution is 6.46. The number of hydrogen-bond acceptors (Lipinski definition) is 6. The van der Waals surface area contributed by atoms with Gasteiger partial charge in [0, 0.05) is 5.56 Å². The van der Waals surface area contributed by atoms with Crippen molar-refractivity contribution in [2.24, 2.45) is 5.92 Å². The van der Waals surface area contributed by atoms with Gasteiger partial charge in [0.15, 0.2) is 11.5 Å². The van der Waals surface area contributed by atoms with E-state index in [-0.39, 0.29) is 17.9 Å². The van der Waals surface area contributed by atoms with Gasteiger partial charge in [-0.3, -0.25) is 9.59 Å². The van der Waals surface area contributed by atoms with Crippen LogP contribution in [0.5, 0.6) is 11.5 Å². The van der Waals surface area contributed by atoms with Gasteiger partial charge in [-0.15, -0.1) is 0 Å². The van der Waals surface area contributed by atoms with Crippen molar-refractivity contribution < 1.29 is 28.6 Å². The zero-order valence-electron chi connectivity index (χ0n) is 21.7. The van der Waals surface area contributed by atoms with Gasteiger partial charge < -0.3 is 23.9 Å². The van der Waals surface area contributed by atoms with Gasteiger partial charge in [-0.05, 0) is 56.0 Å². The minimum absolute atomic E-state index is 0.0244. The summed E-state index contributed by atoms with van der Waals surface area (Å²) in [7, 11) is 0. The molecule has 1 aliphatic rings. The van der Waals surface area contributed by atoms with E-state index in [0.717, 1.165) is 12.0 Å². The lowest BCUT2D eigenvalue weighted by Crippen LogP contribution is -2.29. The second kappa shape index (κ2) is 11.4. The van der Waals surface area contributed by atoms with E-state index in [1.807, 2.05) is 26.0 Å². The number of aryl methyl sites for hydroxylation is 1. The van der Waals surface area contributed by atoms with Crippen molar-refractivity contribution >= 4 is 17.4 Å². The number of benzene rings is 2. The van der Waals surface area contributed by atoms with Gasteiger partial charge in [0.05, 0.1) is 37.6 Å². The SMILES string of the molecule is CCOc1cc(C2C(=C(O)c3ccc(C)cc3)C(=O)C(=O)N2Cc2ccco2)ccc1OCCC(C)C. The third kappa shape index (κ3) is 5.71. The highest BCUT2D eigenvalue weighted by Gasteiger charge is 2.46. The molecule has 0 saturated carbocycles. The summed E-state index contributed by atoms with van der Waals surface area (Å²) in [5.41, 5.74) is 2.13. The average Bonchev–Trinajstić information content (AvgIpc) is 3.47. The lowest BCUT2D eigenvalue weighted by atomic mass is 9.94. The van der Waals surface area contributed by atoms with Crippen molar-refractivity contribution in [3.8, 4) is 11.5 Å². The van der Waals surface area contributed by atoms with Crippen molar-refractivity contribution in [1.29, 1.82) is 0 Å². The lowest BCUT2D eigenvalue weighted by molar-refractivity contribution is -0.140. The van der Waals surface area contributed by atoms with E-state index < -0.39 is 17.7 Å². The van der Waals surface area contributed by atoms with Gasteiger partial charge in [-0.2, -0.15) is 0 Å². The zero-order valence-corrected chi connectivity index (χ0v) is 21.7. The average molecular weight is 504 g/mol. The third-order valence-corrected chi connectivity index (χ3v) is 6.31. The van der Waals surface area contributed by atoms with E-state index >= 15 is 0 Å². The molecule has 2 heterocycles. The van der Waals surface area contributed by atoms with Gasteiger partial charge in [0.2, 0.25) is 0 Å². The number of aliphatic hydroxyl groups excluding tert-OH is 1. The molecule has 3 aromatic rings. The Morgan fingerprint density at radius 3 is 2.46 bits per heavy atom. The van der Waals surface area contributed by atoms with Crippen LogP contribution >= 0.6 is 0 Å². The summed E-state index contributed by atoms with van der Waals surface area (Å²) in [6.45, 7) is 9.11. The quantitative estimate of drug-likeness (QED) is 0.206. The van der Waals surface area contributed by atoms with Crippen LogP contribution in [0.2, 0.25) is 0 Å². The minimum atomic E-state index is -0.838. The number of likely N-dealkylation sites (tertiary alicyclic amines) is 1. The van der Waals surface area contributed by atoms with E-state index in [9.17, 15) is 14.7 Å². The van der Waals surface area contributed by atoms with Crippen LogP contribution in [-0.2, 0) is 16.1 Å². The van der Waals surface area contributed by atoms with Gasteiger partial charge in [-0.1, -0.05) is 49.7 Å². The number of nitrogens with zero attached hydrogens (tertiary/aromatic N) is 1. The fourth-order valence-corrected chi connectivity index (χ4v) is 4.31. The molecule has 1 aliphatic heterocycles. The maximum Gasteiger partial charge on any atom is 0.296 e. The minimum Gasteiger partial charge on any atom is -0.507 e. The molecule has 1 aromatic heterocycles. The molecule has 2 aromatic carbocycles. The first kappa shape index (κ1) is 26.1. The molecule has 7 heteroatoms. The van der Waals surface area contributed by atoms with Crippen LogP contribution in [0.4, 0.5) is 0 Å². The topological polar surface area (TPSA) is 89.2 Å². The predicted octanol–water partition coefficient (Wildman–Crippen LogP) is 6.03. The number of Topliss-reactive ketones (excluding diaryl/α,β-unsaturated/α-hetero) is 1. The molecule has 1 N–H and O–H groups in total. The highest BCUT2D eigenvalue weighted by atomic mass is 16.5. The number of ketones is 1. The molecule has 1 amide bonds. The van der Waals surface area contributed by atoms with Gasteiger partial charge in [0.25, 0.3) is 11.7 Å². The van der Waals surface area contributed by atoms with Crippen molar-refractivity contribution in [3.63, 3.8) is 0 Å². The van der Waals surface area contributed by atoms with E-state index in [2.05, 4.69) is 13.8 Å². The van der Waals surface area contributed by atoms with E-state index in [1.165, 1.54) is 11.2 Å². The Labute approximate surface area is 217 Å². The van der Waals surface area contributed by atoms with Crippen LogP contribution in [0.3, 0.4) is 0 Å². The molecule has 0 radical (unpaired) electrons. The highest BCUT2D eigenvalue weighted by Crippen LogP contribution is 2.42. The van der Waals surface area contributed by atoms with Crippen LogP contribution in [0, 0.1) is 12.8 Å². The van der Waals surface area contributed by atoms with Crippen LogP contribution in [0.1, 0.15) is 55.7 Å². The molecule has 0 bridgehead atoms. The molecule has 37 heavy (non-hydrogen) atoms. The monoisotopic (exact) mass is 503 g/mol. The summed E-state index contributed by atoms with van der Waals surface area (Å²) >= 11 is 0. The molecule has 0 aliphatic carbocycles. The molecule has 7 nitrogen and oxygen atoms in total. The first-order valence-electron chi connectivity index (χ1n) is 12.6. The molecular weight excluding hydrogens is 470 g/mol. The van der Waals surface area contributed by atoms with Gasteiger partial charge >= 0.3 is 0 Å². The van der Waals surface area contributed by atoms with Crippen molar-refractivity contribution in [1.82, 2.24) is 4.90 Å². The summed E-state index contributed by atoms with van der Waals surface area (Å²) < 4.78 is 17.3. The Morgan fingerprint density at radius 1 is 1.05 bits per heavy atom. The molecular formula is C30H33NO6. The van der Waals surface area contributed by atoms with Crippen LogP contribution in [-0.4, -0.2) is 34.9 Å². The lowest BCUT2D eigenvalue weighted by Gasteiger charge is -2.25. The first-order chi connectivity index (χ1) is 17.8. The maximum atomic E-state index is 13.3. The van der Waals surface area contributed by atoms with Crippen molar-refractivity contribution in [2.45, 2.75) is 46.7 Å². The summed E-state index contributed by atoms with van der Waals surface area (Å²) in [5.74, 6) is 0.463. The van der Waals surface area contributed by atoms with Gasteiger partial charge in [-0.25, -0.2) is 0 Å². The zero-order chi connectivity index (χ0) is 26.5. The maximum absolute atomic E-state index is 13.3. The number of carbonyl (C=O) groups excluding carboxylic acids is 2. The number of ether oxygens (including phenoxy) is 2. The first-order valence-corrected chi connectivity index (χ1v) is 12.6. The Balaban J connectivity index is 1.80. The molecule has 194 valence electrons. The summed E-state index contributed by atoms with van der Waals surface area (Å²) in [5, 5.41) is 11.3. The van der Waals surface area contributed by atoms with Crippen LogP contribution < -0.4 is 9.47 Å². The van der Waals surface area contributed by atoms with Crippen LogP contribution in [0.25, 0.3) is 5.76 Å². The van der Waals surface area contributed by atoms with E-state index in [4.69, 9.17) is 13.9 Å². The number of rotatable bonds is 10. The van der Waals surface area contributed by atoms with E-state index in [0.29, 0.717) is 47.5 Å². The number of carbonyl (C=O) groups is 2. The third-order valence-electron chi connectivity index (χ3n) is 6.31. The standard InChI is InChI=1S/C30H33NO6/c1-5-35-25-17-22(12-13-24(25)37-16-14-19(2)3)27-26(28(32)21-10-8-20(4)9-11-21)29(33)30(34)31(27)18-23-7-6-15-36-23/h6-13,15,17,19,27,32H,5,14,16,18H2,1-4H3. The summed E-state index contributed by atoms with van der Waals surface area (Å²) in [4.78, 5) is 28.0. The Morgan fingerprint density at radius 2 is 1.81 bits per heavy atom. The second-order valence-corrected chi connectivity index (χ2v) is 9.54.